The molecule has 1 atom stereocenters. The SMILES string of the molecule is FC(F)(F)c1ccc(C2CNc3ccccc3C2)cn1. The van der Waals surface area contributed by atoms with Crippen LogP contribution in [0, 0.1) is 0 Å². The fourth-order valence-electron chi connectivity index (χ4n) is 2.49. The number of pyridine rings is 1. The molecule has 2 nitrogen and oxygen atoms in total. The molecule has 5 heteroatoms. The smallest absolute Gasteiger partial charge is 0.384 e. The highest BCUT2D eigenvalue weighted by molar-refractivity contribution is 5.54. The Hall–Kier alpha value is -2.04. The van der Waals surface area contributed by atoms with Crippen molar-refractivity contribution in [1.29, 1.82) is 0 Å². The summed E-state index contributed by atoms with van der Waals surface area (Å²) >= 11 is 0. The normalized spacial score (nSPS) is 18.2. The molecule has 0 radical (unpaired) electrons. The van der Waals surface area contributed by atoms with E-state index in [0.717, 1.165) is 23.7 Å². The molecule has 1 N–H and O–H groups in total. The van der Waals surface area contributed by atoms with Crippen molar-refractivity contribution in [2.45, 2.75) is 18.5 Å². The van der Waals surface area contributed by atoms with Crippen LogP contribution in [0.3, 0.4) is 0 Å². The highest BCUT2D eigenvalue weighted by atomic mass is 19.4. The first kappa shape index (κ1) is 13.0. The van der Waals surface area contributed by atoms with Crippen LogP contribution in [-0.2, 0) is 12.6 Å². The maximum atomic E-state index is 12.5. The van der Waals surface area contributed by atoms with Crippen LogP contribution in [0.25, 0.3) is 0 Å². The Labute approximate surface area is 114 Å². The lowest BCUT2D eigenvalue weighted by Crippen LogP contribution is -2.21. The summed E-state index contributed by atoms with van der Waals surface area (Å²) in [5.74, 6) is 0.152. The van der Waals surface area contributed by atoms with Gasteiger partial charge < -0.3 is 5.32 Å². The quantitative estimate of drug-likeness (QED) is 0.857. The number of anilines is 1. The van der Waals surface area contributed by atoms with Gasteiger partial charge in [-0.25, -0.2) is 0 Å². The largest absolute Gasteiger partial charge is 0.433 e. The third-order valence-corrected chi connectivity index (χ3v) is 3.57. The van der Waals surface area contributed by atoms with Crippen LogP contribution >= 0.6 is 0 Å². The number of fused-ring (bicyclic) bond motifs is 1. The molecule has 1 aromatic carbocycles. The number of para-hydroxylation sites is 1. The fourth-order valence-corrected chi connectivity index (χ4v) is 2.49. The molecule has 2 heterocycles. The number of hydrogen-bond acceptors (Lipinski definition) is 2. The van der Waals surface area contributed by atoms with E-state index in [1.165, 1.54) is 17.8 Å². The summed E-state index contributed by atoms with van der Waals surface area (Å²) in [6.07, 6.45) is -2.23. The van der Waals surface area contributed by atoms with Crippen molar-refractivity contribution in [3.63, 3.8) is 0 Å². The van der Waals surface area contributed by atoms with Crippen molar-refractivity contribution in [2.75, 3.05) is 11.9 Å². The van der Waals surface area contributed by atoms with Gasteiger partial charge in [-0.15, -0.1) is 0 Å². The molecule has 1 aliphatic rings. The minimum atomic E-state index is -4.38. The average molecular weight is 278 g/mol. The monoisotopic (exact) mass is 278 g/mol. The van der Waals surface area contributed by atoms with Crippen LogP contribution in [0.15, 0.2) is 42.6 Å². The third kappa shape index (κ3) is 2.48. The summed E-state index contributed by atoms with van der Waals surface area (Å²) in [7, 11) is 0. The number of rotatable bonds is 1. The molecule has 1 aliphatic heterocycles. The van der Waals surface area contributed by atoms with Crippen LogP contribution < -0.4 is 5.32 Å². The Kier molecular flexibility index (Phi) is 3.12. The van der Waals surface area contributed by atoms with Crippen molar-refractivity contribution < 1.29 is 13.2 Å². The summed E-state index contributed by atoms with van der Waals surface area (Å²) in [6, 6.07) is 10.5. The number of benzene rings is 1. The van der Waals surface area contributed by atoms with Gasteiger partial charge in [0.25, 0.3) is 0 Å². The van der Waals surface area contributed by atoms with E-state index >= 15 is 0 Å². The zero-order valence-electron chi connectivity index (χ0n) is 10.6. The first-order valence-corrected chi connectivity index (χ1v) is 6.39. The Morgan fingerprint density at radius 2 is 1.90 bits per heavy atom. The maximum absolute atomic E-state index is 12.5. The molecule has 0 spiro atoms. The van der Waals surface area contributed by atoms with Gasteiger partial charge in [0.15, 0.2) is 0 Å². The zero-order valence-corrected chi connectivity index (χ0v) is 10.6. The fraction of sp³-hybridized carbons (Fsp3) is 0.267. The molecule has 0 saturated heterocycles. The number of nitrogens with one attached hydrogen (secondary N) is 1. The lowest BCUT2D eigenvalue weighted by atomic mass is 9.89. The van der Waals surface area contributed by atoms with Gasteiger partial charge in [-0.3, -0.25) is 4.98 Å². The number of halogens is 3. The van der Waals surface area contributed by atoms with E-state index in [-0.39, 0.29) is 5.92 Å². The molecular formula is C15H13F3N2. The Morgan fingerprint density at radius 3 is 2.60 bits per heavy atom. The highest BCUT2D eigenvalue weighted by Crippen LogP contribution is 2.32. The van der Waals surface area contributed by atoms with Crippen LogP contribution in [0.2, 0.25) is 0 Å². The molecule has 0 aliphatic carbocycles. The predicted octanol–water partition coefficient (Wildman–Crippen LogP) is 3.85. The average Bonchev–Trinajstić information content (AvgIpc) is 2.46. The minimum absolute atomic E-state index is 0.152. The second-order valence-electron chi connectivity index (χ2n) is 4.91. The maximum Gasteiger partial charge on any atom is 0.433 e. The molecular weight excluding hydrogens is 265 g/mol. The summed E-state index contributed by atoms with van der Waals surface area (Å²) in [5, 5.41) is 3.31. The first-order valence-electron chi connectivity index (χ1n) is 6.39. The molecule has 104 valence electrons. The number of aromatic nitrogens is 1. The molecule has 1 unspecified atom stereocenters. The summed E-state index contributed by atoms with van der Waals surface area (Å²) in [6.45, 7) is 0.712. The number of hydrogen-bond donors (Lipinski definition) is 1. The van der Waals surface area contributed by atoms with Gasteiger partial charge in [0, 0.05) is 24.3 Å². The van der Waals surface area contributed by atoms with Gasteiger partial charge >= 0.3 is 6.18 Å². The second-order valence-corrected chi connectivity index (χ2v) is 4.91. The van der Waals surface area contributed by atoms with Crippen LogP contribution in [0.5, 0.6) is 0 Å². The molecule has 2 aromatic rings. The number of nitrogens with zero attached hydrogens (tertiary/aromatic N) is 1. The Bertz CT molecular complexity index is 605. The van der Waals surface area contributed by atoms with Crippen molar-refractivity contribution in [2.24, 2.45) is 0 Å². The summed E-state index contributed by atoms with van der Waals surface area (Å²) in [5.41, 5.74) is 2.28. The van der Waals surface area contributed by atoms with Gasteiger partial charge in [-0.1, -0.05) is 24.3 Å². The van der Waals surface area contributed by atoms with Crippen LogP contribution in [0.1, 0.15) is 22.7 Å². The Morgan fingerprint density at radius 1 is 1.10 bits per heavy atom. The zero-order chi connectivity index (χ0) is 14.2. The van der Waals surface area contributed by atoms with Gasteiger partial charge in [0.2, 0.25) is 0 Å². The molecule has 1 aromatic heterocycles. The Balaban J connectivity index is 1.81. The van der Waals surface area contributed by atoms with Crippen LogP contribution in [0.4, 0.5) is 18.9 Å². The van der Waals surface area contributed by atoms with Crippen molar-refractivity contribution in [3.05, 3.63) is 59.4 Å². The van der Waals surface area contributed by atoms with Crippen molar-refractivity contribution in [1.82, 2.24) is 4.98 Å². The third-order valence-electron chi connectivity index (χ3n) is 3.57. The van der Waals surface area contributed by atoms with E-state index in [0.29, 0.717) is 6.54 Å². The minimum Gasteiger partial charge on any atom is -0.384 e. The first-order chi connectivity index (χ1) is 9.54. The summed E-state index contributed by atoms with van der Waals surface area (Å²) < 4.78 is 37.5. The van der Waals surface area contributed by atoms with Gasteiger partial charge in [-0.05, 0) is 29.7 Å². The lowest BCUT2D eigenvalue weighted by molar-refractivity contribution is -0.141. The molecule has 3 rings (SSSR count). The van der Waals surface area contributed by atoms with Crippen molar-refractivity contribution in [3.8, 4) is 0 Å². The van der Waals surface area contributed by atoms with Gasteiger partial charge in [0.1, 0.15) is 5.69 Å². The topological polar surface area (TPSA) is 24.9 Å². The molecule has 0 saturated carbocycles. The van der Waals surface area contributed by atoms with E-state index in [2.05, 4.69) is 10.3 Å². The predicted molar refractivity (Wildman–Crippen MR) is 70.6 cm³/mol. The van der Waals surface area contributed by atoms with E-state index in [4.69, 9.17) is 0 Å². The number of alkyl halides is 3. The standard InChI is InChI=1S/C15H13F3N2/c16-15(17,18)14-6-5-11(8-20-14)12-7-10-3-1-2-4-13(10)19-9-12/h1-6,8,12,19H,7,9H2. The second kappa shape index (κ2) is 4.81. The van der Waals surface area contributed by atoms with Gasteiger partial charge in [0.05, 0.1) is 0 Å². The van der Waals surface area contributed by atoms with Crippen molar-refractivity contribution >= 4 is 5.69 Å². The molecule has 0 amide bonds. The molecule has 20 heavy (non-hydrogen) atoms. The van der Waals surface area contributed by atoms with E-state index in [1.54, 1.807) is 0 Å². The van der Waals surface area contributed by atoms with Gasteiger partial charge in [-0.2, -0.15) is 13.2 Å². The van der Waals surface area contributed by atoms with E-state index in [9.17, 15) is 13.2 Å². The summed E-state index contributed by atoms with van der Waals surface area (Å²) in [4.78, 5) is 3.53. The van der Waals surface area contributed by atoms with E-state index in [1.807, 2.05) is 24.3 Å². The molecule has 0 bridgehead atoms. The van der Waals surface area contributed by atoms with E-state index < -0.39 is 11.9 Å². The van der Waals surface area contributed by atoms with Crippen LogP contribution in [-0.4, -0.2) is 11.5 Å². The lowest BCUT2D eigenvalue weighted by Gasteiger charge is -2.26. The highest BCUT2D eigenvalue weighted by Gasteiger charge is 2.32. The molecule has 0 fully saturated rings.